The lowest BCUT2D eigenvalue weighted by Crippen LogP contribution is -1.98. The van der Waals surface area contributed by atoms with Crippen molar-refractivity contribution >= 4 is 47.8 Å². The van der Waals surface area contributed by atoms with E-state index in [1.54, 1.807) is 24.3 Å². The number of rotatable bonds is 6. The van der Waals surface area contributed by atoms with Gasteiger partial charge in [0.15, 0.2) is 0 Å². The van der Waals surface area contributed by atoms with E-state index in [2.05, 4.69) is 0 Å². The maximum Gasteiger partial charge on any atom is 0.446 e. The van der Waals surface area contributed by atoms with Crippen molar-refractivity contribution in [2.45, 2.75) is 20.8 Å². The average molecular weight is 483 g/mol. The average Bonchev–Trinajstić information content (AvgIpc) is 2.71. The highest BCUT2D eigenvalue weighted by atomic mass is 32.2. The first-order chi connectivity index (χ1) is 15.1. The molecule has 0 atom stereocenters. The van der Waals surface area contributed by atoms with E-state index in [1.807, 2.05) is 48.6 Å². The summed E-state index contributed by atoms with van der Waals surface area (Å²) in [7, 11) is 0. The molecule has 0 spiro atoms. The molecule has 0 nitrogen and oxygen atoms in total. The molecular weight excluding hydrogens is 466 g/mol. The van der Waals surface area contributed by atoms with E-state index >= 15 is 0 Å². The van der Waals surface area contributed by atoms with Crippen molar-refractivity contribution in [2.75, 3.05) is 0 Å². The summed E-state index contributed by atoms with van der Waals surface area (Å²) in [6.45, 7) is 0. The fraction of sp³-hybridized carbons (Fsp3) is 0.0833. The third kappa shape index (κ3) is 8.51. The van der Waals surface area contributed by atoms with Crippen molar-refractivity contribution in [2.24, 2.45) is 0 Å². The fourth-order valence-electron chi connectivity index (χ4n) is 2.66. The lowest BCUT2D eigenvalue weighted by Gasteiger charge is -2.05. The van der Waals surface area contributed by atoms with E-state index in [-0.39, 0.29) is 33.3 Å². The molecule has 0 N–H and O–H groups in total. The van der Waals surface area contributed by atoms with E-state index < -0.39 is 11.0 Å². The van der Waals surface area contributed by atoms with Gasteiger partial charge in [-0.2, -0.15) is 26.3 Å². The Labute approximate surface area is 190 Å². The van der Waals surface area contributed by atoms with E-state index in [0.717, 1.165) is 22.3 Å². The van der Waals surface area contributed by atoms with E-state index in [4.69, 9.17) is 0 Å². The van der Waals surface area contributed by atoms with Crippen LogP contribution < -0.4 is 0 Å². The quantitative estimate of drug-likeness (QED) is 0.195. The zero-order valence-electron chi connectivity index (χ0n) is 16.3. The molecule has 0 saturated heterocycles. The summed E-state index contributed by atoms with van der Waals surface area (Å²) >= 11 is -0.291. The van der Waals surface area contributed by atoms with Gasteiger partial charge in [0.25, 0.3) is 0 Å². The largest absolute Gasteiger partial charge is 0.446 e. The molecule has 3 rings (SSSR count). The highest BCUT2D eigenvalue weighted by molar-refractivity contribution is 8.00. The molecule has 166 valence electrons. The van der Waals surface area contributed by atoms with Crippen molar-refractivity contribution in [3.05, 3.63) is 95.1 Å². The molecule has 0 amide bonds. The van der Waals surface area contributed by atoms with Crippen molar-refractivity contribution in [3.63, 3.8) is 0 Å². The Morgan fingerprint density at radius 3 is 0.844 bits per heavy atom. The van der Waals surface area contributed by atoms with E-state index in [1.165, 1.54) is 24.3 Å². The molecule has 0 saturated carbocycles. The highest BCUT2D eigenvalue weighted by Gasteiger charge is 2.29. The topological polar surface area (TPSA) is 0 Å². The van der Waals surface area contributed by atoms with Crippen molar-refractivity contribution in [1.82, 2.24) is 0 Å². The molecular formula is C24H16F6S2. The Morgan fingerprint density at radius 2 is 0.625 bits per heavy atom. The maximum absolute atomic E-state index is 12.4. The maximum atomic E-state index is 12.4. The minimum atomic E-state index is -4.30. The number of thioether (sulfide) groups is 2. The number of halogens is 6. The Bertz CT molecular complexity index is 973. The van der Waals surface area contributed by atoms with Gasteiger partial charge in [-0.15, -0.1) is 0 Å². The molecule has 8 heteroatoms. The second-order valence-corrected chi connectivity index (χ2v) is 8.84. The predicted octanol–water partition coefficient (Wildman–Crippen LogP) is 9.25. The molecule has 3 aromatic rings. The van der Waals surface area contributed by atoms with Crippen LogP contribution in [0.1, 0.15) is 22.3 Å². The SMILES string of the molecule is FC(F)(F)Sc1ccc(/C=C/c2ccc(/C=C/c3ccc(SC(F)(F)F)cc3)cc2)cc1. The van der Waals surface area contributed by atoms with Gasteiger partial charge in [0.05, 0.1) is 0 Å². The fourth-order valence-corrected chi connectivity index (χ4v) is 3.74. The lowest BCUT2D eigenvalue weighted by atomic mass is 10.1. The number of hydrogen-bond acceptors (Lipinski definition) is 2. The zero-order chi connectivity index (χ0) is 23.2. The summed E-state index contributed by atoms with van der Waals surface area (Å²) in [5.74, 6) is 0. The van der Waals surface area contributed by atoms with Gasteiger partial charge in [0.2, 0.25) is 0 Å². The van der Waals surface area contributed by atoms with Gasteiger partial charge >= 0.3 is 11.0 Å². The monoisotopic (exact) mass is 482 g/mol. The molecule has 0 aliphatic heterocycles. The van der Waals surface area contributed by atoms with Crippen LogP contribution in [0.5, 0.6) is 0 Å². The first-order valence-corrected chi connectivity index (χ1v) is 10.9. The van der Waals surface area contributed by atoms with E-state index in [0.29, 0.717) is 0 Å². The van der Waals surface area contributed by atoms with Crippen LogP contribution in [0.4, 0.5) is 26.3 Å². The van der Waals surface area contributed by atoms with Crippen LogP contribution in [-0.4, -0.2) is 11.0 Å². The van der Waals surface area contributed by atoms with Gasteiger partial charge in [-0.05, 0) is 70.0 Å². The van der Waals surface area contributed by atoms with Crippen LogP contribution in [-0.2, 0) is 0 Å². The smallest absolute Gasteiger partial charge is 0.160 e. The van der Waals surface area contributed by atoms with Crippen LogP contribution in [0.3, 0.4) is 0 Å². The van der Waals surface area contributed by atoms with Crippen molar-refractivity contribution in [3.8, 4) is 0 Å². The summed E-state index contributed by atoms with van der Waals surface area (Å²) < 4.78 is 74.2. The molecule has 0 heterocycles. The first-order valence-electron chi connectivity index (χ1n) is 9.24. The van der Waals surface area contributed by atoms with Crippen LogP contribution in [0, 0.1) is 0 Å². The summed E-state index contributed by atoms with van der Waals surface area (Å²) in [6.07, 6.45) is 7.34. The van der Waals surface area contributed by atoms with Gasteiger partial charge in [0, 0.05) is 9.79 Å². The van der Waals surface area contributed by atoms with Gasteiger partial charge in [0.1, 0.15) is 0 Å². The third-order valence-corrected chi connectivity index (χ3v) is 5.58. The Morgan fingerprint density at radius 1 is 0.406 bits per heavy atom. The Kier molecular flexibility index (Phi) is 7.79. The summed E-state index contributed by atoms with van der Waals surface area (Å²) in [5, 5.41) is 0. The molecule has 0 aliphatic carbocycles. The molecule has 32 heavy (non-hydrogen) atoms. The zero-order valence-corrected chi connectivity index (χ0v) is 18.0. The third-order valence-electron chi connectivity index (χ3n) is 4.10. The number of alkyl halides is 6. The first kappa shape index (κ1) is 24.1. The van der Waals surface area contributed by atoms with Crippen molar-refractivity contribution < 1.29 is 26.3 Å². The minimum absolute atomic E-state index is 0.138. The van der Waals surface area contributed by atoms with Crippen LogP contribution >= 0.6 is 23.5 Å². The Balaban J connectivity index is 1.58. The second kappa shape index (κ2) is 10.4. The lowest BCUT2D eigenvalue weighted by molar-refractivity contribution is -0.0337. The van der Waals surface area contributed by atoms with Crippen LogP contribution in [0.15, 0.2) is 82.6 Å². The Hall–Kier alpha value is -2.58. The molecule has 0 fully saturated rings. The van der Waals surface area contributed by atoms with Gasteiger partial charge in [-0.25, -0.2) is 0 Å². The molecule has 0 aromatic heterocycles. The van der Waals surface area contributed by atoms with E-state index in [9.17, 15) is 26.3 Å². The van der Waals surface area contributed by atoms with Gasteiger partial charge in [-0.3, -0.25) is 0 Å². The van der Waals surface area contributed by atoms with Crippen LogP contribution in [0.2, 0.25) is 0 Å². The van der Waals surface area contributed by atoms with Crippen molar-refractivity contribution in [1.29, 1.82) is 0 Å². The number of benzene rings is 3. The molecule has 0 bridgehead atoms. The molecule has 0 unspecified atom stereocenters. The van der Waals surface area contributed by atoms with Gasteiger partial charge < -0.3 is 0 Å². The summed E-state index contributed by atoms with van der Waals surface area (Å²) in [5.41, 5.74) is -5.19. The summed E-state index contributed by atoms with van der Waals surface area (Å²) in [6, 6.07) is 19.8. The summed E-state index contributed by atoms with van der Waals surface area (Å²) in [4.78, 5) is 0.277. The van der Waals surface area contributed by atoms with Crippen LogP contribution in [0.25, 0.3) is 24.3 Å². The second-order valence-electron chi connectivity index (χ2n) is 6.57. The molecule has 0 radical (unpaired) electrons. The molecule has 0 aliphatic rings. The molecule has 3 aromatic carbocycles. The van der Waals surface area contributed by atoms with Gasteiger partial charge in [-0.1, -0.05) is 72.8 Å². The standard InChI is InChI=1S/C24H16F6S2/c25-23(26,27)31-21-13-9-19(10-14-21)7-5-17-1-2-18(4-3-17)6-8-20-11-15-22(16-12-20)32-24(28,29)30/h1-16H/b7-5+,8-6+. The normalized spacial score (nSPS) is 12.7. The highest BCUT2D eigenvalue weighted by Crippen LogP contribution is 2.37. The number of hydrogen-bond donors (Lipinski definition) is 0. The minimum Gasteiger partial charge on any atom is -0.160 e. The predicted molar refractivity (Wildman–Crippen MR) is 121 cm³/mol.